The smallest absolute Gasteiger partial charge is 0.214 e. The van der Waals surface area contributed by atoms with Crippen molar-refractivity contribution in [3.63, 3.8) is 0 Å². The lowest BCUT2D eigenvalue weighted by atomic mass is 10.1. The number of fused-ring (bicyclic) bond motifs is 1. The molecule has 0 spiro atoms. The molecule has 1 aromatic carbocycles. The molecule has 1 aliphatic heterocycles. The minimum atomic E-state index is -0.199. The first-order valence-corrected chi connectivity index (χ1v) is 6.07. The van der Waals surface area contributed by atoms with Gasteiger partial charge in [0, 0.05) is 19.0 Å². The number of ether oxygens (including phenoxy) is 1. The van der Waals surface area contributed by atoms with Crippen molar-refractivity contribution in [1.29, 1.82) is 0 Å². The van der Waals surface area contributed by atoms with E-state index in [0.717, 1.165) is 11.0 Å². The number of methoxy groups -OCH3 is 1. The standard InChI is InChI=1S/C14H15NO3/c1-17-10-7-11(15-8-10)14(16)13-6-9-4-2-3-5-12(9)18-13/h2-6,10-11,15H,7-8H2,1H3. The van der Waals surface area contributed by atoms with Crippen LogP contribution in [0, 0.1) is 0 Å². The Morgan fingerprint density at radius 2 is 2.28 bits per heavy atom. The highest BCUT2D eigenvalue weighted by atomic mass is 16.5. The zero-order chi connectivity index (χ0) is 12.5. The van der Waals surface area contributed by atoms with Gasteiger partial charge in [0.2, 0.25) is 5.78 Å². The second-order valence-electron chi connectivity index (χ2n) is 4.57. The highest BCUT2D eigenvalue weighted by Crippen LogP contribution is 2.22. The van der Waals surface area contributed by atoms with Gasteiger partial charge in [-0.1, -0.05) is 18.2 Å². The summed E-state index contributed by atoms with van der Waals surface area (Å²) in [6.45, 7) is 0.715. The summed E-state index contributed by atoms with van der Waals surface area (Å²) in [5.74, 6) is 0.427. The molecule has 0 bridgehead atoms. The van der Waals surface area contributed by atoms with Gasteiger partial charge in [-0.2, -0.15) is 0 Å². The summed E-state index contributed by atoms with van der Waals surface area (Å²) >= 11 is 0. The number of benzene rings is 1. The lowest BCUT2D eigenvalue weighted by Gasteiger charge is -2.06. The molecule has 2 atom stereocenters. The van der Waals surface area contributed by atoms with Crippen LogP contribution in [0.3, 0.4) is 0 Å². The van der Waals surface area contributed by atoms with Gasteiger partial charge in [-0.3, -0.25) is 4.79 Å². The molecule has 1 N–H and O–H groups in total. The lowest BCUT2D eigenvalue weighted by Crippen LogP contribution is -2.30. The van der Waals surface area contributed by atoms with Crippen LogP contribution in [0.15, 0.2) is 34.7 Å². The van der Waals surface area contributed by atoms with Crippen molar-refractivity contribution in [3.05, 3.63) is 36.1 Å². The predicted octanol–water partition coefficient (Wildman–Crippen LogP) is 1.99. The molecular formula is C14H15NO3. The summed E-state index contributed by atoms with van der Waals surface area (Å²) in [6.07, 6.45) is 0.815. The number of hydrogen-bond acceptors (Lipinski definition) is 4. The van der Waals surface area contributed by atoms with Crippen molar-refractivity contribution in [2.75, 3.05) is 13.7 Å². The predicted molar refractivity (Wildman–Crippen MR) is 67.7 cm³/mol. The molecule has 0 aliphatic carbocycles. The van der Waals surface area contributed by atoms with E-state index in [2.05, 4.69) is 5.32 Å². The monoisotopic (exact) mass is 245 g/mol. The average Bonchev–Trinajstić information content (AvgIpc) is 3.04. The van der Waals surface area contributed by atoms with Gasteiger partial charge >= 0.3 is 0 Å². The molecule has 1 aromatic heterocycles. The Hall–Kier alpha value is -1.65. The van der Waals surface area contributed by atoms with Gasteiger partial charge in [-0.05, 0) is 18.6 Å². The Balaban J connectivity index is 1.84. The summed E-state index contributed by atoms with van der Waals surface area (Å²) in [5, 5.41) is 4.13. The number of carbonyl (C=O) groups excluding carboxylic acids is 1. The largest absolute Gasteiger partial charge is 0.453 e. The number of hydrogen-bond donors (Lipinski definition) is 1. The van der Waals surface area contributed by atoms with Gasteiger partial charge in [0.15, 0.2) is 5.76 Å². The van der Waals surface area contributed by atoms with Crippen molar-refractivity contribution < 1.29 is 13.9 Å². The first-order chi connectivity index (χ1) is 8.78. The number of furan rings is 1. The summed E-state index contributed by atoms with van der Waals surface area (Å²) < 4.78 is 10.8. The van der Waals surface area contributed by atoms with E-state index in [0.29, 0.717) is 18.7 Å². The SMILES string of the molecule is COC1CNC(C(=O)c2cc3ccccc3o2)C1. The molecule has 3 rings (SSSR count). The third-order valence-corrected chi connectivity index (χ3v) is 3.41. The number of nitrogens with one attached hydrogen (secondary N) is 1. The van der Waals surface area contributed by atoms with Gasteiger partial charge in [0.25, 0.3) is 0 Å². The molecule has 4 nitrogen and oxygen atoms in total. The fraction of sp³-hybridized carbons (Fsp3) is 0.357. The molecule has 2 aromatic rings. The zero-order valence-corrected chi connectivity index (χ0v) is 10.2. The van der Waals surface area contributed by atoms with E-state index in [1.807, 2.05) is 24.3 Å². The van der Waals surface area contributed by atoms with Crippen LogP contribution in [0.25, 0.3) is 11.0 Å². The lowest BCUT2D eigenvalue weighted by molar-refractivity contribution is 0.0895. The summed E-state index contributed by atoms with van der Waals surface area (Å²) in [7, 11) is 1.67. The maximum Gasteiger partial charge on any atom is 0.214 e. The van der Waals surface area contributed by atoms with E-state index in [4.69, 9.17) is 9.15 Å². The topological polar surface area (TPSA) is 51.5 Å². The molecule has 18 heavy (non-hydrogen) atoms. The number of ketones is 1. The van der Waals surface area contributed by atoms with Crippen LogP contribution in [-0.2, 0) is 4.74 Å². The normalized spacial score (nSPS) is 23.6. The van der Waals surface area contributed by atoms with Crippen molar-refractivity contribution in [3.8, 4) is 0 Å². The van der Waals surface area contributed by atoms with Crippen LogP contribution in [-0.4, -0.2) is 31.6 Å². The molecule has 1 saturated heterocycles. The maximum atomic E-state index is 12.3. The van der Waals surface area contributed by atoms with Crippen LogP contribution >= 0.6 is 0 Å². The summed E-state index contributed by atoms with van der Waals surface area (Å²) in [4.78, 5) is 12.3. The van der Waals surface area contributed by atoms with E-state index in [1.165, 1.54) is 0 Å². The number of carbonyl (C=O) groups is 1. The summed E-state index contributed by atoms with van der Waals surface area (Å²) in [6, 6.07) is 9.24. The van der Waals surface area contributed by atoms with Gasteiger partial charge < -0.3 is 14.5 Å². The second-order valence-corrected chi connectivity index (χ2v) is 4.57. The fourth-order valence-electron chi connectivity index (χ4n) is 2.36. The molecule has 1 fully saturated rings. The maximum absolute atomic E-state index is 12.3. The number of rotatable bonds is 3. The van der Waals surface area contributed by atoms with Gasteiger partial charge in [0.1, 0.15) is 5.58 Å². The van der Waals surface area contributed by atoms with Crippen molar-refractivity contribution in [2.24, 2.45) is 0 Å². The second kappa shape index (κ2) is 4.55. The molecule has 0 amide bonds. The molecule has 4 heteroatoms. The van der Waals surface area contributed by atoms with Gasteiger partial charge in [-0.25, -0.2) is 0 Å². The highest BCUT2D eigenvalue weighted by Gasteiger charge is 2.31. The molecule has 2 heterocycles. The minimum Gasteiger partial charge on any atom is -0.453 e. The van der Waals surface area contributed by atoms with E-state index < -0.39 is 0 Å². The summed E-state index contributed by atoms with van der Waals surface area (Å²) in [5.41, 5.74) is 0.752. The quantitative estimate of drug-likeness (QED) is 0.840. The zero-order valence-electron chi connectivity index (χ0n) is 10.2. The Morgan fingerprint density at radius 1 is 1.44 bits per heavy atom. The average molecular weight is 245 g/mol. The van der Waals surface area contributed by atoms with Crippen LogP contribution < -0.4 is 5.32 Å². The van der Waals surface area contributed by atoms with E-state index >= 15 is 0 Å². The third-order valence-electron chi connectivity index (χ3n) is 3.41. The first kappa shape index (κ1) is 11.4. The van der Waals surface area contributed by atoms with Crippen LogP contribution in [0.5, 0.6) is 0 Å². The molecule has 2 unspecified atom stereocenters. The van der Waals surface area contributed by atoms with Crippen molar-refractivity contribution in [1.82, 2.24) is 5.32 Å². The molecule has 94 valence electrons. The Bertz CT molecular complexity index is 542. The Labute approximate surface area is 105 Å². The highest BCUT2D eigenvalue weighted by molar-refractivity contribution is 6.01. The van der Waals surface area contributed by atoms with E-state index in [9.17, 15) is 4.79 Å². The number of para-hydroxylation sites is 1. The van der Waals surface area contributed by atoms with Crippen LogP contribution in [0.2, 0.25) is 0 Å². The first-order valence-electron chi connectivity index (χ1n) is 6.07. The van der Waals surface area contributed by atoms with Crippen LogP contribution in [0.1, 0.15) is 17.0 Å². The molecule has 0 saturated carbocycles. The van der Waals surface area contributed by atoms with Crippen molar-refractivity contribution >= 4 is 16.8 Å². The Kier molecular flexibility index (Phi) is 2.89. The minimum absolute atomic E-state index is 0.00532. The fourth-order valence-corrected chi connectivity index (χ4v) is 2.36. The van der Waals surface area contributed by atoms with E-state index in [-0.39, 0.29) is 17.9 Å². The van der Waals surface area contributed by atoms with Crippen molar-refractivity contribution in [2.45, 2.75) is 18.6 Å². The molecule has 1 aliphatic rings. The Morgan fingerprint density at radius 3 is 3.00 bits per heavy atom. The van der Waals surface area contributed by atoms with Gasteiger partial charge in [0.05, 0.1) is 12.1 Å². The molecular weight excluding hydrogens is 230 g/mol. The molecule has 0 radical (unpaired) electrons. The van der Waals surface area contributed by atoms with Gasteiger partial charge in [-0.15, -0.1) is 0 Å². The third kappa shape index (κ3) is 1.94. The van der Waals surface area contributed by atoms with E-state index in [1.54, 1.807) is 13.2 Å². The number of Topliss-reactive ketones (excluding diaryl/α,β-unsaturated/α-hetero) is 1. The van der Waals surface area contributed by atoms with Crippen LogP contribution in [0.4, 0.5) is 0 Å².